The van der Waals surface area contributed by atoms with E-state index in [1.54, 1.807) is 6.92 Å². The van der Waals surface area contributed by atoms with Gasteiger partial charge in [0.05, 0.1) is 5.56 Å². The third-order valence-electron chi connectivity index (χ3n) is 2.07. The van der Waals surface area contributed by atoms with Gasteiger partial charge in [0, 0.05) is 0 Å². The molecule has 0 saturated heterocycles. The lowest BCUT2D eigenvalue weighted by Gasteiger charge is -1.99. The number of ether oxygens (including phenoxy) is 1. The van der Waals surface area contributed by atoms with Crippen LogP contribution in [0.2, 0.25) is 0 Å². The molecule has 1 aromatic carbocycles. The molecule has 2 rings (SSSR count). The van der Waals surface area contributed by atoms with E-state index in [9.17, 15) is 4.79 Å². The van der Waals surface area contributed by atoms with E-state index in [-0.39, 0.29) is 11.9 Å². The smallest absolute Gasteiger partial charge is 0.206 e. The highest BCUT2D eigenvalue weighted by molar-refractivity contribution is 6.04. The summed E-state index contributed by atoms with van der Waals surface area (Å²) >= 11 is 0. The topological polar surface area (TPSA) is 26.3 Å². The van der Waals surface area contributed by atoms with Crippen LogP contribution in [0.5, 0.6) is 5.75 Å². The third-order valence-corrected chi connectivity index (χ3v) is 2.07. The van der Waals surface area contributed by atoms with Crippen molar-refractivity contribution < 1.29 is 9.53 Å². The number of benzene rings is 1. The van der Waals surface area contributed by atoms with E-state index in [0.717, 1.165) is 16.9 Å². The average Bonchev–Trinajstić information content (AvgIpc) is 2.31. The Kier molecular flexibility index (Phi) is 1.43. The summed E-state index contributed by atoms with van der Waals surface area (Å²) in [4.78, 5) is 11.4. The first kappa shape index (κ1) is 7.35. The van der Waals surface area contributed by atoms with E-state index in [1.165, 1.54) is 0 Å². The number of ketones is 1. The first-order valence-electron chi connectivity index (χ1n) is 4.00. The van der Waals surface area contributed by atoms with E-state index in [0.29, 0.717) is 0 Å². The molecule has 62 valence electrons. The second-order valence-electron chi connectivity index (χ2n) is 3.12. The van der Waals surface area contributed by atoms with E-state index in [1.807, 2.05) is 25.1 Å². The molecule has 0 amide bonds. The Hall–Kier alpha value is -1.31. The molecule has 0 N–H and O–H groups in total. The van der Waals surface area contributed by atoms with Crippen LogP contribution in [0.25, 0.3) is 0 Å². The zero-order valence-electron chi connectivity index (χ0n) is 7.13. The van der Waals surface area contributed by atoms with Gasteiger partial charge in [-0.05, 0) is 26.0 Å². The number of hydrogen-bond donors (Lipinski definition) is 0. The zero-order valence-corrected chi connectivity index (χ0v) is 7.13. The van der Waals surface area contributed by atoms with Gasteiger partial charge in [0.25, 0.3) is 0 Å². The first-order chi connectivity index (χ1) is 5.68. The monoisotopic (exact) mass is 162 g/mol. The van der Waals surface area contributed by atoms with Crippen molar-refractivity contribution in [1.82, 2.24) is 0 Å². The lowest BCUT2D eigenvalue weighted by molar-refractivity contribution is 0.0878. The zero-order chi connectivity index (χ0) is 8.72. The Bertz CT molecular complexity index is 342. The molecule has 1 aliphatic rings. The number of rotatable bonds is 0. The molecular weight excluding hydrogens is 152 g/mol. The SMILES string of the molecule is Cc1ccc2c(c1)C(=O)C(C)O2. The number of aryl methyl sites for hydroxylation is 1. The van der Waals surface area contributed by atoms with Gasteiger partial charge in [-0.1, -0.05) is 11.6 Å². The second kappa shape index (κ2) is 2.34. The highest BCUT2D eigenvalue weighted by Crippen LogP contribution is 2.28. The molecule has 0 fully saturated rings. The maximum Gasteiger partial charge on any atom is 0.206 e. The van der Waals surface area contributed by atoms with Crippen LogP contribution in [-0.4, -0.2) is 11.9 Å². The summed E-state index contributed by atoms with van der Waals surface area (Å²) < 4.78 is 5.32. The molecule has 0 radical (unpaired) electrons. The number of carbonyl (C=O) groups excluding carboxylic acids is 1. The molecule has 0 aromatic heterocycles. The van der Waals surface area contributed by atoms with E-state index in [2.05, 4.69) is 0 Å². The van der Waals surface area contributed by atoms with Crippen LogP contribution in [0.1, 0.15) is 22.8 Å². The van der Waals surface area contributed by atoms with Gasteiger partial charge in [-0.15, -0.1) is 0 Å². The quantitative estimate of drug-likeness (QED) is 0.583. The fourth-order valence-electron chi connectivity index (χ4n) is 1.40. The molecule has 2 heteroatoms. The molecule has 1 aromatic rings. The lowest BCUT2D eigenvalue weighted by Crippen LogP contribution is -2.14. The highest BCUT2D eigenvalue weighted by Gasteiger charge is 2.28. The van der Waals surface area contributed by atoms with Crippen LogP contribution in [-0.2, 0) is 0 Å². The normalized spacial score (nSPS) is 20.5. The van der Waals surface area contributed by atoms with Crippen molar-refractivity contribution in [3.8, 4) is 5.75 Å². The van der Waals surface area contributed by atoms with Crippen LogP contribution >= 0.6 is 0 Å². The maximum atomic E-state index is 11.4. The van der Waals surface area contributed by atoms with Gasteiger partial charge in [0.1, 0.15) is 5.75 Å². The van der Waals surface area contributed by atoms with Gasteiger partial charge in [-0.25, -0.2) is 0 Å². The largest absolute Gasteiger partial charge is 0.482 e. The Morgan fingerprint density at radius 1 is 1.42 bits per heavy atom. The molecule has 1 heterocycles. The molecule has 0 aliphatic carbocycles. The summed E-state index contributed by atoms with van der Waals surface area (Å²) in [5, 5.41) is 0. The minimum atomic E-state index is -0.304. The van der Waals surface area contributed by atoms with Gasteiger partial charge in [-0.2, -0.15) is 0 Å². The number of fused-ring (bicyclic) bond motifs is 1. The van der Waals surface area contributed by atoms with Gasteiger partial charge in [0.15, 0.2) is 6.10 Å². The predicted molar refractivity (Wildman–Crippen MR) is 45.6 cm³/mol. The molecule has 0 saturated carbocycles. The van der Waals surface area contributed by atoms with Crippen molar-refractivity contribution in [3.05, 3.63) is 29.3 Å². The minimum absolute atomic E-state index is 0.0914. The van der Waals surface area contributed by atoms with Gasteiger partial charge < -0.3 is 4.74 Å². The molecule has 1 atom stereocenters. The van der Waals surface area contributed by atoms with Gasteiger partial charge in [0.2, 0.25) is 5.78 Å². The van der Waals surface area contributed by atoms with Crippen LogP contribution in [0, 0.1) is 6.92 Å². The number of Topliss-reactive ketones (excluding diaryl/α,β-unsaturated/α-hetero) is 1. The summed E-state index contributed by atoms with van der Waals surface area (Å²) in [5.74, 6) is 0.812. The molecule has 0 spiro atoms. The average molecular weight is 162 g/mol. The Labute approximate surface area is 71.2 Å². The number of carbonyl (C=O) groups is 1. The maximum absolute atomic E-state index is 11.4. The standard InChI is InChI=1S/C10H10O2/c1-6-3-4-9-8(5-6)10(11)7(2)12-9/h3-5,7H,1-2H3. The van der Waals surface area contributed by atoms with Gasteiger partial charge in [-0.3, -0.25) is 4.79 Å². The Morgan fingerprint density at radius 2 is 2.17 bits per heavy atom. The molecule has 12 heavy (non-hydrogen) atoms. The second-order valence-corrected chi connectivity index (χ2v) is 3.12. The predicted octanol–water partition coefficient (Wildman–Crippen LogP) is 1.96. The summed E-state index contributed by atoms with van der Waals surface area (Å²) in [6.07, 6.45) is -0.304. The fourth-order valence-corrected chi connectivity index (χ4v) is 1.40. The highest BCUT2D eigenvalue weighted by atomic mass is 16.5. The van der Waals surface area contributed by atoms with E-state index in [4.69, 9.17) is 4.74 Å². The summed E-state index contributed by atoms with van der Waals surface area (Å²) in [6, 6.07) is 5.68. The Balaban J connectivity index is 2.56. The van der Waals surface area contributed by atoms with Crippen LogP contribution in [0.15, 0.2) is 18.2 Å². The Morgan fingerprint density at radius 3 is 2.92 bits per heavy atom. The molecule has 0 bridgehead atoms. The van der Waals surface area contributed by atoms with Crippen LogP contribution < -0.4 is 4.74 Å². The van der Waals surface area contributed by atoms with Crippen LogP contribution in [0.4, 0.5) is 0 Å². The van der Waals surface area contributed by atoms with Gasteiger partial charge >= 0.3 is 0 Å². The summed E-state index contributed by atoms with van der Waals surface area (Å²) in [7, 11) is 0. The van der Waals surface area contributed by atoms with Crippen molar-refractivity contribution >= 4 is 5.78 Å². The summed E-state index contributed by atoms with van der Waals surface area (Å²) in [5.41, 5.74) is 1.82. The van der Waals surface area contributed by atoms with Crippen molar-refractivity contribution in [2.45, 2.75) is 20.0 Å². The molecule has 1 unspecified atom stereocenters. The summed E-state index contributed by atoms with van der Waals surface area (Å²) in [6.45, 7) is 3.74. The lowest BCUT2D eigenvalue weighted by atomic mass is 10.1. The van der Waals surface area contributed by atoms with E-state index < -0.39 is 0 Å². The fraction of sp³-hybridized carbons (Fsp3) is 0.300. The molecular formula is C10H10O2. The van der Waals surface area contributed by atoms with Crippen molar-refractivity contribution in [3.63, 3.8) is 0 Å². The molecule has 1 aliphatic heterocycles. The third kappa shape index (κ3) is 0.916. The molecule has 2 nitrogen and oxygen atoms in total. The minimum Gasteiger partial charge on any atom is -0.482 e. The first-order valence-corrected chi connectivity index (χ1v) is 4.00. The van der Waals surface area contributed by atoms with Crippen molar-refractivity contribution in [1.29, 1.82) is 0 Å². The van der Waals surface area contributed by atoms with E-state index >= 15 is 0 Å². The van der Waals surface area contributed by atoms with Crippen molar-refractivity contribution in [2.24, 2.45) is 0 Å². The van der Waals surface area contributed by atoms with Crippen LogP contribution in [0.3, 0.4) is 0 Å². The number of hydrogen-bond acceptors (Lipinski definition) is 2. The van der Waals surface area contributed by atoms with Crippen molar-refractivity contribution in [2.75, 3.05) is 0 Å².